The van der Waals surface area contributed by atoms with Gasteiger partial charge in [-0.05, 0) is 65.4 Å². The lowest BCUT2D eigenvalue weighted by atomic mass is 10.0. The van der Waals surface area contributed by atoms with E-state index in [-0.39, 0.29) is 5.78 Å². The van der Waals surface area contributed by atoms with Gasteiger partial charge in [0.25, 0.3) is 0 Å². The topological polar surface area (TPSA) is 17.1 Å². The first kappa shape index (κ1) is 15.5. The number of rotatable bonds is 2. The first-order valence-electron chi connectivity index (χ1n) is 5.35. The summed E-state index contributed by atoms with van der Waals surface area (Å²) >= 11 is 15.0. The lowest BCUT2D eigenvalue weighted by Crippen LogP contribution is -2.05. The van der Waals surface area contributed by atoms with Crippen LogP contribution in [-0.4, -0.2) is 5.78 Å². The predicted octanol–water partition coefficient (Wildman–Crippen LogP) is 6.01. The molecule has 2 rings (SSSR count). The van der Waals surface area contributed by atoms with Crippen molar-refractivity contribution in [1.82, 2.24) is 0 Å². The number of carbonyl (C=O) groups is 1. The highest BCUT2D eigenvalue weighted by Crippen LogP contribution is 2.29. The summed E-state index contributed by atoms with van der Waals surface area (Å²) in [7, 11) is 0. The first-order valence-corrected chi connectivity index (χ1v) is 8.40. The van der Waals surface area contributed by atoms with Gasteiger partial charge in [0, 0.05) is 28.7 Å². The highest BCUT2D eigenvalue weighted by Gasteiger charge is 2.17. The van der Waals surface area contributed by atoms with Crippen molar-refractivity contribution in [1.29, 1.82) is 0 Å². The third-order valence-corrected chi connectivity index (χ3v) is 5.35. The fraction of sp³-hybridized carbons (Fsp3) is 0.0714. The average molecular weight is 514 g/mol. The summed E-state index contributed by atoms with van der Waals surface area (Å²) in [6.45, 7) is 1.98. The molecular formula is C14H8Br2ClIO. The van der Waals surface area contributed by atoms with Gasteiger partial charge in [-0.25, -0.2) is 0 Å². The van der Waals surface area contributed by atoms with Crippen LogP contribution < -0.4 is 0 Å². The second-order valence-electron chi connectivity index (χ2n) is 4.03. The summed E-state index contributed by atoms with van der Waals surface area (Å²) in [5.41, 5.74) is 2.31. The Balaban J connectivity index is 2.56. The molecule has 98 valence electrons. The molecule has 19 heavy (non-hydrogen) atoms. The largest absolute Gasteiger partial charge is 0.289 e. The van der Waals surface area contributed by atoms with Crippen molar-refractivity contribution in [2.45, 2.75) is 6.92 Å². The molecule has 0 bridgehead atoms. The van der Waals surface area contributed by atoms with Gasteiger partial charge in [-0.3, -0.25) is 4.79 Å². The Morgan fingerprint density at radius 2 is 1.79 bits per heavy atom. The van der Waals surface area contributed by atoms with Crippen LogP contribution in [0.4, 0.5) is 0 Å². The molecule has 0 atom stereocenters. The van der Waals surface area contributed by atoms with E-state index in [1.807, 2.05) is 25.1 Å². The highest BCUT2D eigenvalue weighted by molar-refractivity contribution is 14.1. The summed E-state index contributed by atoms with van der Waals surface area (Å²) in [5.74, 6) is -0.0422. The zero-order chi connectivity index (χ0) is 14.2. The molecule has 0 spiro atoms. The van der Waals surface area contributed by atoms with E-state index in [0.717, 1.165) is 18.1 Å². The van der Waals surface area contributed by atoms with E-state index in [0.29, 0.717) is 16.1 Å². The Labute approximate surface area is 147 Å². The summed E-state index contributed by atoms with van der Waals surface area (Å²) in [5, 5.41) is 0.561. The monoisotopic (exact) mass is 512 g/mol. The van der Waals surface area contributed by atoms with E-state index < -0.39 is 0 Å². The molecule has 1 nitrogen and oxygen atoms in total. The molecule has 0 aromatic heterocycles. The van der Waals surface area contributed by atoms with E-state index in [1.165, 1.54) is 0 Å². The van der Waals surface area contributed by atoms with Crippen LogP contribution >= 0.6 is 66.1 Å². The zero-order valence-electron chi connectivity index (χ0n) is 9.81. The second-order valence-corrected chi connectivity index (χ2v) is 7.34. The lowest BCUT2D eigenvalue weighted by Gasteiger charge is -2.09. The number of carbonyl (C=O) groups excluding carboxylic acids is 1. The van der Waals surface area contributed by atoms with Gasteiger partial charge in [0.15, 0.2) is 5.78 Å². The van der Waals surface area contributed by atoms with Gasteiger partial charge >= 0.3 is 0 Å². The minimum absolute atomic E-state index is 0.0422. The molecule has 0 saturated heterocycles. The van der Waals surface area contributed by atoms with Crippen LogP contribution in [-0.2, 0) is 0 Å². The van der Waals surface area contributed by atoms with Crippen LogP contribution in [0.1, 0.15) is 21.5 Å². The average Bonchev–Trinajstić information content (AvgIpc) is 2.36. The Morgan fingerprint density at radius 3 is 2.47 bits per heavy atom. The molecule has 0 saturated carbocycles. The zero-order valence-corrected chi connectivity index (χ0v) is 15.9. The SMILES string of the molecule is Cc1cc(Br)c(C(=O)c2cc(Cl)ccc2I)cc1Br. The molecule has 0 unspecified atom stereocenters. The van der Waals surface area contributed by atoms with Crippen LogP contribution in [0.25, 0.3) is 0 Å². The van der Waals surface area contributed by atoms with E-state index >= 15 is 0 Å². The Kier molecular flexibility index (Phi) is 5.09. The normalized spacial score (nSPS) is 10.6. The maximum absolute atomic E-state index is 12.6. The van der Waals surface area contributed by atoms with Gasteiger partial charge in [0.1, 0.15) is 0 Å². The van der Waals surface area contributed by atoms with Crippen LogP contribution in [0, 0.1) is 10.5 Å². The number of ketones is 1. The highest BCUT2D eigenvalue weighted by atomic mass is 127. The summed E-state index contributed by atoms with van der Waals surface area (Å²) in [6.07, 6.45) is 0. The Morgan fingerprint density at radius 1 is 1.11 bits per heavy atom. The van der Waals surface area contributed by atoms with Crippen molar-refractivity contribution in [3.8, 4) is 0 Å². The molecule has 0 aliphatic rings. The maximum atomic E-state index is 12.6. The van der Waals surface area contributed by atoms with E-state index in [4.69, 9.17) is 11.6 Å². The maximum Gasteiger partial charge on any atom is 0.195 e. The fourth-order valence-corrected chi connectivity index (χ4v) is 3.37. The number of hydrogen-bond donors (Lipinski definition) is 0. The Hall–Kier alpha value is 0.0900. The number of hydrogen-bond acceptors (Lipinski definition) is 1. The molecule has 0 amide bonds. The van der Waals surface area contributed by atoms with Gasteiger partial charge in [0.05, 0.1) is 0 Å². The van der Waals surface area contributed by atoms with E-state index in [9.17, 15) is 4.79 Å². The van der Waals surface area contributed by atoms with Crippen LogP contribution in [0.5, 0.6) is 0 Å². The molecular weight excluding hydrogens is 506 g/mol. The van der Waals surface area contributed by atoms with Gasteiger partial charge in [0.2, 0.25) is 0 Å². The van der Waals surface area contributed by atoms with Crippen molar-refractivity contribution in [2.75, 3.05) is 0 Å². The van der Waals surface area contributed by atoms with Crippen LogP contribution in [0.15, 0.2) is 39.3 Å². The molecule has 0 aliphatic heterocycles. The number of aryl methyl sites for hydroxylation is 1. The van der Waals surface area contributed by atoms with Gasteiger partial charge < -0.3 is 0 Å². The summed E-state index contributed by atoms with van der Waals surface area (Å²) in [6, 6.07) is 9.08. The third-order valence-electron chi connectivity index (χ3n) is 2.67. The Bertz CT molecular complexity index is 671. The van der Waals surface area contributed by atoms with Crippen molar-refractivity contribution in [2.24, 2.45) is 0 Å². The van der Waals surface area contributed by atoms with Crippen molar-refractivity contribution in [3.63, 3.8) is 0 Å². The minimum Gasteiger partial charge on any atom is -0.289 e. The summed E-state index contributed by atoms with van der Waals surface area (Å²) in [4.78, 5) is 12.6. The van der Waals surface area contributed by atoms with E-state index in [2.05, 4.69) is 54.5 Å². The van der Waals surface area contributed by atoms with Crippen molar-refractivity contribution in [3.05, 3.63) is 64.6 Å². The van der Waals surface area contributed by atoms with Crippen molar-refractivity contribution < 1.29 is 4.79 Å². The molecule has 2 aromatic rings. The molecule has 0 radical (unpaired) electrons. The first-order chi connectivity index (χ1) is 8.90. The van der Waals surface area contributed by atoms with Crippen molar-refractivity contribution >= 4 is 71.8 Å². The fourth-order valence-electron chi connectivity index (χ4n) is 1.64. The smallest absolute Gasteiger partial charge is 0.195 e. The van der Waals surface area contributed by atoms with Gasteiger partial charge in [-0.1, -0.05) is 43.5 Å². The molecule has 0 fully saturated rings. The van der Waals surface area contributed by atoms with E-state index in [1.54, 1.807) is 12.1 Å². The predicted molar refractivity (Wildman–Crippen MR) is 94.2 cm³/mol. The third kappa shape index (κ3) is 3.40. The molecule has 2 aromatic carbocycles. The number of halogens is 4. The van der Waals surface area contributed by atoms with Crippen LogP contribution in [0.3, 0.4) is 0 Å². The molecule has 0 heterocycles. The minimum atomic E-state index is -0.0422. The molecule has 0 aliphatic carbocycles. The van der Waals surface area contributed by atoms with Gasteiger partial charge in [-0.15, -0.1) is 0 Å². The standard InChI is InChI=1S/C14H8Br2ClIO/c1-7-4-12(16)9(6-11(7)15)14(19)10-5-8(17)2-3-13(10)18/h2-6H,1H3. The summed E-state index contributed by atoms with van der Waals surface area (Å²) < 4.78 is 2.58. The van der Waals surface area contributed by atoms with Gasteiger partial charge in [-0.2, -0.15) is 0 Å². The lowest BCUT2D eigenvalue weighted by molar-refractivity contribution is 0.103. The number of benzene rings is 2. The molecule has 5 heteroatoms. The second kappa shape index (κ2) is 6.24. The molecule has 0 N–H and O–H groups in total. The van der Waals surface area contributed by atoms with Crippen LogP contribution in [0.2, 0.25) is 5.02 Å². The quantitative estimate of drug-likeness (QED) is 0.355.